The Morgan fingerprint density at radius 2 is 2.47 bits per heavy atom. The van der Waals surface area contributed by atoms with E-state index in [-0.39, 0.29) is 12.1 Å². The van der Waals surface area contributed by atoms with Crippen molar-refractivity contribution in [3.05, 3.63) is 12.2 Å². The molecule has 0 radical (unpaired) electrons. The first kappa shape index (κ1) is 10.6. The third-order valence-corrected chi connectivity index (χ3v) is 3.04. The van der Waals surface area contributed by atoms with E-state index >= 15 is 0 Å². The normalized spacial score (nSPS) is 26.0. The number of aliphatic hydroxyl groups is 1. The summed E-state index contributed by atoms with van der Waals surface area (Å²) in [7, 11) is 1.94. The highest BCUT2D eigenvalue weighted by atomic mass is 16.3. The van der Waals surface area contributed by atoms with Crippen molar-refractivity contribution in [2.45, 2.75) is 37.8 Å². The van der Waals surface area contributed by atoms with Crippen LogP contribution in [-0.2, 0) is 13.5 Å². The van der Waals surface area contributed by atoms with Crippen molar-refractivity contribution in [1.82, 2.24) is 20.1 Å². The zero-order valence-electron chi connectivity index (χ0n) is 9.06. The molecule has 5 nitrogen and oxygen atoms in total. The van der Waals surface area contributed by atoms with Gasteiger partial charge in [0.1, 0.15) is 12.2 Å². The van der Waals surface area contributed by atoms with E-state index in [1.807, 2.05) is 11.6 Å². The molecule has 1 aliphatic carbocycles. The number of rotatable bonds is 4. The van der Waals surface area contributed by atoms with Crippen molar-refractivity contribution in [3.63, 3.8) is 0 Å². The van der Waals surface area contributed by atoms with Gasteiger partial charge in [0.2, 0.25) is 0 Å². The molecule has 1 heterocycles. The van der Waals surface area contributed by atoms with Crippen LogP contribution in [0.3, 0.4) is 0 Å². The van der Waals surface area contributed by atoms with Gasteiger partial charge >= 0.3 is 0 Å². The average molecular weight is 210 g/mol. The van der Waals surface area contributed by atoms with E-state index in [9.17, 15) is 5.11 Å². The average Bonchev–Trinajstić information content (AvgIpc) is 2.78. The summed E-state index contributed by atoms with van der Waals surface area (Å²) < 4.78 is 1.92. The van der Waals surface area contributed by atoms with Gasteiger partial charge in [-0.1, -0.05) is 0 Å². The highest BCUT2D eigenvalue weighted by Crippen LogP contribution is 2.18. The fraction of sp³-hybridized carbons (Fsp3) is 0.800. The molecule has 15 heavy (non-hydrogen) atoms. The van der Waals surface area contributed by atoms with Gasteiger partial charge in [-0.15, -0.1) is 10.2 Å². The molecule has 1 fully saturated rings. The molecular weight excluding hydrogens is 192 g/mol. The lowest BCUT2D eigenvalue weighted by Crippen LogP contribution is -2.37. The van der Waals surface area contributed by atoms with Gasteiger partial charge in [0, 0.05) is 26.1 Å². The SMILES string of the molecule is Cn1cnnc1CCN[C@H]1CCC[C@@H]1O. The van der Waals surface area contributed by atoms with E-state index in [4.69, 9.17) is 0 Å². The summed E-state index contributed by atoms with van der Waals surface area (Å²) in [5.74, 6) is 0.981. The van der Waals surface area contributed by atoms with E-state index in [2.05, 4.69) is 15.5 Å². The number of aryl methyl sites for hydroxylation is 1. The minimum atomic E-state index is -0.163. The topological polar surface area (TPSA) is 63.0 Å². The maximum atomic E-state index is 9.61. The Hall–Kier alpha value is -0.940. The number of nitrogens with one attached hydrogen (secondary N) is 1. The Kier molecular flexibility index (Phi) is 3.33. The second-order valence-electron chi connectivity index (χ2n) is 4.17. The zero-order valence-corrected chi connectivity index (χ0v) is 9.06. The van der Waals surface area contributed by atoms with Gasteiger partial charge < -0.3 is 15.0 Å². The molecule has 0 saturated heterocycles. The molecule has 1 aromatic heterocycles. The molecule has 2 rings (SSSR count). The molecule has 0 amide bonds. The Morgan fingerprint density at radius 3 is 3.07 bits per heavy atom. The van der Waals surface area contributed by atoms with Gasteiger partial charge in [-0.25, -0.2) is 0 Å². The van der Waals surface area contributed by atoms with Crippen molar-refractivity contribution in [2.24, 2.45) is 7.05 Å². The van der Waals surface area contributed by atoms with E-state index in [0.29, 0.717) is 0 Å². The van der Waals surface area contributed by atoms with Crippen LogP contribution < -0.4 is 5.32 Å². The lowest BCUT2D eigenvalue weighted by Gasteiger charge is -2.15. The summed E-state index contributed by atoms with van der Waals surface area (Å²) in [5, 5.41) is 20.8. The monoisotopic (exact) mass is 210 g/mol. The van der Waals surface area contributed by atoms with Crippen molar-refractivity contribution in [3.8, 4) is 0 Å². The van der Waals surface area contributed by atoms with Crippen molar-refractivity contribution in [1.29, 1.82) is 0 Å². The lowest BCUT2D eigenvalue weighted by molar-refractivity contribution is 0.149. The molecule has 0 aliphatic heterocycles. The summed E-state index contributed by atoms with van der Waals surface area (Å²) in [5.41, 5.74) is 0. The van der Waals surface area contributed by atoms with Crippen molar-refractivity contribution < 1.29 is 5.11 Å². The van der Waals surface area contributed by atoms with Crippen LogP contribution in [0.5, 0.6) is 0 Å². The maximum absolute atomic E-state index is 9.61. The number of aromatic nitrogens is 3. The molecule has 0 unspecified atom stereocenters. The molecule has 2 atom stereocenters. The quantitative estimate of drug-likeness (QED) is 0.726. The van der Waals surface area contributed by atoms with Gasteiger partial charge in [-0.2, -0.15) is 0 Å². The summed E-state index contributed by atoms with van der Waals surface area (Å²) in [4.78, 5) is 0. The zero-order chi connectivity index (χ0) is 10.7. The molecule has 0 spiro atoms. The van der Waals surface area contributed by atoms with Crippen molar-refractivity contribution in [2.75, 3.05) is 6.54 Å². The number of nitrogens with zero attached hydrogens (tertiary/aromatic N) is 3. The van der Waals surface area contributed by atoms with E-state index in [0.717, 1.165) is 38.1 Å². The van der Waals surface area contributed by atoms with Crippen LogP contribution in [0.15, 0.2) is 6.33 Å². The first-order chi connectivity index (χ1) is 7.27. The van der Waals surface area contributed by atoms with Gasteiger partial charge in [-0.3, -0.25) is 0 Å². The van der Waals surface area contributed by atoms with Gasteiger partial charge in [0.05, 0.1) is 6.10 Å². The molecule has 2 N–H and O–H groups in total. The minimum Gasteiger partial charge on any atom is -0.392 e. The predicted molar refractivity (Wildman–Crippen MR) is 56.4 cm³/mol. The Balaban J connectivity index is 1.73. The van der Waals surface area contributed by atoms with Crippen LogP contribution in [0.2, 0.25) is 0 Å². The summed E-state index contributed by atoms with van der Waals surface area (Å²) in [6, 6.07) is 0.276. The van der Waals surface area contributed by atoms with Crippen LogP contribution >= 0.6 is 0 Å². The number of aliphatic hydroxyl groups excluding tert-OH is 1. The van der Waals surface area contributed by atoms with Gasteiger partial charge in [-0.05, 0) is 19.3 Å². The summed E-state index contributed by atoms with van der Waals surface area (Å²) in [6.45, 7) is 0.855. The lowest BCUT2D eigenvalue weighted by atomic mass is 10.2. The highest BCUT2D eigenvalue weighted by molar-refractivity contribution is 4.87. The molecular formula is C10H18N4O. The summed E-state index contributed by atoms with van der Waals surface area (Å²) >= 11 is 0. The molecule has 0 bridgehead atoms. The Morgan fingerprint density at radius 1 is 1.60 bits per heavy atom. The fourth-order valence-electron chi connectivity index (χ4n) is 2.08. The fourth-order valence-corrected chi connectivity index (χ4v) is 2.08. The highest BCUT2D eigenvalue weighted by Gasteiger charge is 2.24. The first-order valence-electron chi connectivity index (χ1n) is 5.51. The van der Waals surface area contributed by atoms with E-state index < -0.39 is 0 Å². The largest absolute Gasteiger partial charge is 0.392 e. The van der Waals surface area contributed by atoms with Crippen LogP contribution in [-0.4, -0.2) is 38.6 Å². The first-order valence-corrected chi connectivity index (χ1v) is 5.51. The van der Waals surface area contributed by atoms with Gasteiger partial charge in [0.15, 0.2) is 0 Å². The maximum Gasteiger partial charge on any atom is 0.133 e. The molecule has 1 aliphatic rings. The Labute approximate surface area is 89.5 Å². The molecule has 5 heteroatoms. The molecule has 1 saturated carbocycles. The third-order valence-electron chi connectivity index (χ3n) is 3.04. The molecule has 1 aromatic rings. The Bertz CT molecular complexity index is 312. The number of hydrogen-bond acceptors (Lipinski definition) is 4. The second-order valence-corrected chi connectivity index (χ2v) is 4.17. The van der Waals surface area contributed by atoms with E-state index in [1.54, 1.807) is 6.33 Å². The summed E-state index contributed by atoms with van der Waals surface area (Å²) in [6.07, 6.45) is 5.55. The molecule has 0 aromatic carbocycles. The second kappa shape index (κ2) is 4.72. The third kappa shape index (κ3) is 2.54. The van der Waals surface area contributed by atoms with E-state index in [1.165, 1.54) is 0 Å². The van der Waals surface area contributed by atoms with Crippen LogP contribution in [0.4, 0.5) is 0 Å². The standard InChI is InChI=1S/C10H18N4O/c1-14-7-12-13-10(14)5-6-11-8-3-2-4-9(8)15/h7-9,11,15H,2-6H2,1H3/t8-,9-/m0/s1. The van der Waals surface area contributed by atoms with Crippen LogP contribution in [0, 0.1) is 0 Å². The van der Waals surface area contributed by atoms with Crippen LogP contribution in [0.1, 0.15) is 25.1 Å². The predicted octanol–water partition coefficient (Wildman–Crippen LogP) is -0.139. The smallest absolute Gasteiger partial charge is 0.133 e. The molecule has 84 valence electrons. The minimum absolute atomic E-state index is 0.163. The van der Waals surface area contributed by atoms with Crippen molar-refractivity contribution >= 4 is 0 Å². The van der Waals surface area contributed by atoms with Crippen LogP contribution in [0.25, 0.3) is 0 Å². The number of hydrogen-bond donors (Lipinski definition) is 2. The van der Waals surface area contributed by atoms with Gasteiger partial charge in [0.25, 0.3) is 0 Å².